The molecule has 1 aromatic rings. The molecule has 0 aromatic heterocycles. The zero-order valence-corrected chi connectivity index (χ0v) is 12.8. The van der Waals surface area contributed by atoms with Crippen molar-refractivity contribution in [3.05, 3.63) is 29.3 Å². The highest BCUT2D eigenvalue weighted by Crippen LogP contribution is 2.27. The van der Waals surface area contributed by atoms with E-state index in [1.54, 1.807) is 18.7 Å². The molecule has 1 fully saturated rings. The molecule has 5 nitrogen and oxygen atoms in total. The average Bonchev–Trinajstić information content (AvgIpc) is 2.47. The van der Waals surface area contributed by atoms with E-state index in [0.29, 0.717) is 37.6 Å². The van der Waals surface area contributed by atoms with Crippen LogP contribution in [-0.4, -0.2) is 48.3 Å². The number of benzene rings is 1. The Morgan fingerprint density at radius 2 is 2.00 bits per heavy atom. The summed E-state index contributed by atoms with van der Waals surface area (Å²) in [4.78, 5) is 14.1. The molecule has 5 heteroatoms. The summed E-state index contributed by atoms with van der Waals surface area (Å²) < 4.78 is 11.1. The quantitative estimate of drug-likeness (QED) is 0.917. The maximum absolute atomic E-state index is 12.4. The number of aryl methyl sites for hydroxylation is 1. The molecule has 2 rings (SSSR count). The van der Waals surface area contributed by atoms with Crippen LogP contribution in [-0.2, 0) is 9.53 Å². The fourth-order valence-electron chi connectivity index (χ4n) is 2.37. The molecule has 1 heterocycles. The van der Waals surface area contributed by atoms with Gasteiger partial charge < -0.3 is 19.5 Å². The Kier molecular flexibility index (Phi) is 5.20. The van der Waals surface area contributed by atoms with Gasteiger partial charge in [0, 0.05) is 18.7 Å². The molecule has 1 N–H and O–H groups in total. The van der Waals surface area contributed by atoms with Crippen LogP contribution >= 0.6 is 0 Å². The van der Waals surface area contributed by atoms with Gasteiger partial charge in [-0.2, -0.15) is 0 Å². The van der Waals surface area contributed by atoms with Gasteiger partial charge in [0.05, 0.1) is 19.3 Å². The molecule has 1 amide bonds. The van der Waals surface area contributed by atoms with Gasteiger partial charge in [0.1, 0.15) is 5.75 Å². The van der Waals surface area contributed by atoms with Crippen molar-refractivity contribution in [3.8, 4) is 5.75 Å². The second kappa shape index (κ2) is 6.91. The minimum absolute atomic E-state index is 0.0450. The Bertz CT molecular complexity index is 495. The maximum atomic E-state index is 12.4. The van der Waals surface area contributed by atoms with Crippen LogP contribution in [0.5, 0.6) is 5.75 Å². The number of aliphatic hydroxyl groups is 1. The number of rotatable bonds is 4. The molecule has 2 atom stereocenters. The smallest absolute Gasteiger partial charge is 0.263 e. The van der Waals surface area contributed by atoms with Crippen molar-refractivity contribution in [2.24, 2.45) is 0 Å². The number of nitrogens with zero attached hydrogens (tertiary/aromatic N) is 1. The van der Waals surface area contributed by atoms with Crippen LogP contribution in [0.2, 0.25) is 0 Å². The Hall–Kier alpha value is -1.59. The third-order valence-corrected chi connectivity index (χ3v) is 3.59. The van der Waals surface area contributed by atoms with Crippen molar-refractivity contribution in [3.63, 3.8) is 0 Å². The zero-order valence-electron chi connectivity index (χ0n) is 12.8. The van der Waals surface area contributed by atoms with Gasteiger partial charge in [-0.1, -0.05) is 12.1 Å². The van der Waals surface area contributed by atoms with Crippen LogP contribution in [0, 0.1) is 6.92 Å². The number of hydrogen-bond donors (Lipinski definition) is 1. The summed E-state index contributed by atoms with van der Waals surface area (Å²) in [5.74, 6) is 0.524. The topological polar surface area (TPSA) is 59.0 Å². The van der Waals surface area contributed by atoms with E-state index >= 15 is 0 Å². The molecule has 1 aliphatic rings. The van der Waals surface area contributed by atoms with Crippen molar-refractivity contribution in [1.29, 1.82) is 0 Å². The molecule has 0 saturated carbocycles. The average molecular weight is 293 g/mol. The van der Waals surface area contributed by atoms with Crippen molar-refractivity contribution in [2.45, 2.75) is 33.0 Å². The number of ether oxygens (including phenoxy) is 2. The van der Waals surface area contributed by atoms with Gasteiger partial charge in [-0.25, -0.2) is 0 Å². The third-order valence-electron chi connectivity index (χ3n) is 3.59. The number of carbonyl (C=O) groups excluding carboxylic acids is 1. The molecule has 1 aliphatic heterocycles. The van der Waals surface area contributed by atoms with Crippen molar-refractivity contribution >= 4 is 5.91 Å². The van der Waals surface area contributed by atoms with E-state index in [0.717, 1.165) is 5.56 Å². The second-order valence-electron chi connectivity index (χ2n) is 5.41. The predicted octanol–water partition coefficient (Wildman–Crippen LogP) is 1.67. The Morgan fingerprint density at radius 3 is 2.62 bits per heavy atom. The normalized spacial score (nSPS) is 18.2. The highest BCUT2D eigenvalue weighted by molar-refractivity contribution is 5.81. The summed E-state index contributed by atoms with van der Waals surface area (Å²) >= 11 is 0. The number of morpholine rings is 1. The molecular weight excluding hydrogens is 270 g/mol. The standard InChI is InChI=1S/C16H23NO4/c1-11-4-5-14(12(2)18)15(10-11)21-13(3)16(19)17-6-8-20-9-7-17/h4-5,10,12-13,18H,6-9H2,1-3H3/t12-,13?/m1/s1. The van der Waals surface area contributed by atoms with Crippen LogP contribution in [0.1, 0.15) is 31.1 Å². The first kappa shape index (κ1) is 15.8. The van der Waals surface area contributed by atoms with Crippen LogP contribution in [0.15, 0.2) is 18.2 Å². The minimum Gasteiger partial charge on any atom is -0.480 e. The first-order valence-electron chi connectivity index (χ1n) is 7.31. The lowest BCUT2D eigenvalue weighted by molar-refractivity contribution is -0.142. The van der Waals surface area contributed by atoms with Gasteiger partial charge in [-0.15, -0.1) is 0 Å². The summed E-state index contributed by atoms with van der Waals surface area (Å²) in [5.41, 5.74) is 1.72. The summed E-state index contributed by atoms with van der Waals surface area (Å²) in [6.07, 6.45) is -1.21. The largest absolute Gasteiger partial charge is 0.480 e. The lowest BCUT2D eigenvalue weighted by Crippen LogP contribution is -2.46. The molecule has 0 spiro atoms. The highest BCUT2D eigenvalue weighted by Gasteiger charge is 2.24. The number of hydrogen-bond acceptors (Lipinski definition) is 4. The van der Waals surface area contributed by atoms with Gasteiger partial charge in [0.15, 0.2) is 6.10 Å². The van der Waals surface area contributed by atoms with Gasteiger partial charge in [-0.3, -0.25) is 4.79 Å². The first-order chi connectivity index (χ1) is 9.99. The van der Waals surface area contributed by atoms with Crippen LogP contribution in [0.3, 0.4) is 0 Å². The summed E-state index contributed by atoms with van der Waals surface area (Å²) in [6.45, 7) is 7.72. The molecule has 1 unspecified atom stereocenters. The van der Waals surface area contributed by atoms with E-state index in [1.807, 2.05) is 25.1 Å². The molecular formula is C16H23NO4. The molecule has 1 aromatic carbocycles. The molecule has 116 valence electrons. The van der Waals surface area contributed by atoms with Crippen LogP contribution < -0.4 is 4.74 Å². The van der Waals surface area contributed by atoms with Crippen molar-refractivity contribution in [1.82, 2.24) is 4.90 Å². The second-order valence-corrected chi connectivity index (χ2v) is 5.41. The van der Waals surface area contributed by atoms with E-state index < -0.39 is 12.2 Å². The molecule has 0 bridgehead atoms. The van der Waals surface area contributed by atoms with E-state index in [4.69, 9.17) is 9.47 Å². The van der Waals surface area contributed by atoms with Gasteiger partial charge in [0.2, 0.25) is 0 Å². The number of carbonyl (C=O) groups is 1. The van der Waals surface area contributed by atoms with Crippen LogP contribution in [0.25, 0.3) is 0 Å². The SMILES string of the molecule is Cc1ccc([C@@H](C)O)c(OC(C)C(=O)N2CCOCC2)c1. The van der Waals surface area contributed by atoms with E-state index in [2.05, 4.69) is 0 Å². The zero-order chi connectivity index (χ0) is 15.4. The molecule has 0 aliphatic carbocycles. The lowest BCUT2D eigenvalue weighted by Gasteiger charge is -2.29. The van der Waals surface area contributed by atoms with Gasteiger partial charge in [-0.05, 0) is 32.4 Å². The van der Waals surface area contributed by atoms with E-state index in [9.17, 15) is 9.90 Å². The summed E-state index contributed by atoms with van der Waals surface area (Å²) in [5, 5.41) is 9.80. The van der Waals surface area contributed by atoms with Crippen molar-refractivity contribution in [2.75, 3.05) is 26.3 Å². The Labute approximate surface area is 125 Å². The third kappa shape index (κ3) is 3.95. The molecule has 21 heavy (non-hydrogen) atoms. The fraction of sp³-hybridized carbons (Fsp3) is 0.562. The highest BCUT2D eigenvalue weighted by atomic mass is 16.5. The number of aliphatic hydroxyl groups excluding tert-OH is 1. The monoisotopic (exact) mass is 293 g/mol. The Morgan fingerprint density at radius 1 is 1.33 bits per heavy atom. The van der Waals surface area contributed by atoms with E-state index in [1.165, 1.54) is 0 Å². The van der Waals surface area contributed by atoms with Crippen LogP contribution in [0.4, 0.5) is 0 Å². The van der Waals surface area contributed by atoms with E-state index in [-0.39, 0.29) is 5.91 Å². The Balaban J connectivity index is 2.09. The minimum atomic E-state index is -0.633. The summed E-state index contributed by atoms with van der Waals surface area (Å²) in [7, 11) is 0. The van der Waals surface area contributed by atoms with Gasteiger partial charge >= 0.3 is 0 Å². The van der Waals surface area contributed by atoms with Crippen molar-refractivity contribution < 1.29 is 19.4 Å². The predicted molar refractivity (Wildman–Crippen MR) is 79.3 cm³/mol. The first-order valence-corrected chi connectivity index (χ1v) is 7.31. The molecule has 1 saturated heterocycles. The molecule has 0 radical (unpaired) electrons. The fourth-order valence-corrected chi connectivity index (χ4v) is 2.37. The van der Waals surface area contributed by atoms with Gasteiger partial charge in [0.25, 0.3) is 5.91 Å². The number of amides is 1. The summed E-state index contributed by atoms with van der Waals surface area (Å²) in [6, 6.07) is 5.61. The maximum Gasteiger partial charge on any atom is 0.263 e. The lowest BCUT2D eigenvalue weighted by atomic mass is 10.1.